The summed E-state index contributed by atoms with van der Waals surface area (Å²) in [5, 5.41) is 0.471. The van der Waals surface area contributed by atoms with Gasteiger partial charge in [-0.25, -0.2) is 0 Å². The van der Waals surface area contributed by atoms with E-state index in [2.05, 4.69) is 20.4 Å². The van der Waals surface area contributed by atoms with Gasteiger partial charge in [-0.15, -0.1) is 6.58 Å². The molecule has 154 valence electrons. The molecule has 2 aromatic carbocycles. The lowest BCUT2D eigenvalue weighted by molar-refractivity contribution is 0.0748. The van der Waals surface area contributed by atoms with Crippen molar-refractivity contribution in [2.45, 2.75) is 26.3 Å². The van der Waals surface area contributed by atoms with Gasteiger partial charge >= 0.3 is 0 Å². The molecule has 0 saturated carbocycles. The van der Waals surface area contributed by atoms with Crippen molar-refractivity contribution in [1.29, 1.82) is 0 Å². The van der Waals surface area contributed by atoms with E-state index in [0.29, 0.717) is 35.6 Å². The van der Waals surface area contributed by atoms with Gasteiger partial charge in [0.2, 0.25) is 5.76 Å². The summed E-state index contributed by atoms with van der Waals surface area (Å²) in [6.07, 6.45) is 2.61. The molecule has 0 spiro atoms. The average Bonchev–Trinajstić information content (AvgIpc) is 3.01. The zero-order valence-electron chi connectivity index (χ0n) is 17.3. The van der Waals surface area contributed by atoms with E-state index in [9.17, 15) is 9.59 Å². The molecule has 3 aromatic rings. The molecule has 1 aliphatic rings. The Morgan fingerprint density at radius 3 is 2.73 bits per heavy atom. The fourth-order valence-electron chi connectivity index (χ4n) is 3.83. The van der Waals surface area contributed by atoms with Crippen LogP contribution in [0.5, 0.6) is 5.75 Å². The SMILES string of the molecule is C=CCN1C(=O)c2oc3ccccc3c(=O)c2C1c1cccc(OCCC(C)C)c1. The highest BCUT2D eigenvalue weighted by Gasteiger charge is 2.42. The number of benzene rings is 2. The van der Waals surface area contributed by atoms with Crippen LogP contribution in [0.1, 0.15) is 48.0 Å². The molecule has 1 aliphatic heterocycles. The quantitative estimate of drug-likeness (QED) is 0.524. The monoisotopic (exact) mass is 403 g/mol. The first-order valence-corrected chi connectivity index (χ1v) is 10.2. The van der Waals surface area contributed by atoms with Crippen molar-refractivity contribution < 1.29 is 13.9 Å². The highest BCUT2D eigenvalue weighted by atomic mass is 16.5. The molecule has 5 heteroatoms. The fraction of sp³-hybridized carbons (Fsp3) is 0.280. The van der Waals surface area contributed by atoms with E-state index in [1.165, 1.54) is 0 Å². The minimum absolute atomic E-state index is 0.108. The molecule has 1 aromatic heterocycles. The molecule has 1 atom stereocenters. The molecule has 1 unspecified atom stereocenters. The molecule has 1 amide bonds. The summed E-state index contributed by atoms with van der Waals surface area (Å²) < 4.78 is 11.8. The van der Waals surface area contributed by atoms with Crippen LogP contribution in [0, 0.1) is 5.92 Å². The Labute approximate surface area is 175 Å². The third-order valence-corrected chi connectivity index (χ3v) is 5.34. The number of carbonyl (C=O) groups is 1. The Kier molecular flexibility index (Phi) is 5.44. The molecule has 0 aliphatic carbocycles. The van der Waals surface area contributed by atoms with Crippen molar-refractivity contribution in [2.24, 2.45) is 5.92 Å². The van der Waals surface area contributed by atoms with Crippen molar-refractivity contribution in [1.82, 2.24) is 4.90 Å². The average molecular weight is 403 g/mol. The maximum Gasteiger partial charge on any atom is 0.291 e. The van der Waals surface area contributed by atoms with E-state index >= 15 is 0 Å². The molecule has 0 saturated heterocycles. The standard InChI is InChI=1S/C25H25NO4/c1-4-13-26-22(17-8-7-9-18(15-17)29-14-12-16(2)3)21-23(27)19-10-5-6-11-20(19)30-24(21)25(26)28/h4-11,15-16,22H,1,12-14H2,2-3H3. The van der Waals surface area contributed by atoms with E-state index in [1.807, 2.05) is 24.3 Å². The van der Waals surface area contributed by atoms with Gasteiger partial charge in [-0.05, 0) is 42.2 Å². The highest BCUT2D eigenvalue weighted by molar-refractivity contribution is 5.99. The summed E-state index contributed by atoms with van der Waals surface area (Å²) in [4.78, 5) is 28.1. The van der Waals surface area contributed by atoms with Gasteiger partial charge in [-0.2, -0.15) is 0 Å². The van der Waals surface area contributed by atoms with Crippen LogP contribution in [-0.2, 0) is 0 Å². The molecular formula is C25H25NO4. The topological polar surface area (TPSA) is 59.8 Å². The third-order valence-electron chi connectivity index (χ3n) is 5.34. The van der Waals surface area contributed by atoms with Crippen molar-refractivity contribution in [3.63, 3.8) is 0 Å². The Bertz CT molecular complexity index is 1160. The van der Waals surface area contributed by atoms with Crippen LogP contribution in [0.15, 0.2) is 70.4 Å². The lowest BCUT2D eigenvalue weighted by Gasteiger charge is -2.24. The number of carbonyl (C=O) groups excluding carboxylic acids is 1. The lowest BCUT2D eigenvalue weighted by Crippen LogP contribution is -2.29. The number of hydrogen-bond donors (Lipinski definition) is 0. The van der Waals surface area contributed by atoms with Crippen LogP contribution in [0.25, 0.3) is 11.0 Å². The van der Waals surface area contributed by atoms with Crippen molar-refractivity contribution >= 4 is 16.9 Å². The number of para-hydroxylation sites is 1. The van der Waals surface area contributed by atoms with Crippen molar-refractivity contribution in [3.05, 3.63) is 88.3 Å². The second kappa shape index (κ2) is 8.19. The molecule has 5 nitrogen and oxygen atoms in total. The van der Waals surface area contributed by atoms with Gasteiger partial charge in [0.25, 0.3) is 5.91 Å². The number of nitrogens with zero attached hydrogens (tertiary/aromatic N) is 1. The predicted octanol–water partition coefficient (Wildman–Crippen LogP) is 4.95. The van der Waals surface area contributed by atoms with Crippen LogP contribution < -0.4 is 10.2 Å². The van der Waals surface area contributed by atoms with Crippen LogP contribution in [-0.4, -0.2) is 24.0 Å². The number of ether oxygens (including phenoxy) is 1. The lowest BCUT2D eigenvalue weighted by atomic mass is 9.98. The van der Waals surface area contributed by atoms with Gasteiger partial charge in [0.05, 0.1) is 23.6 Å². The summed E-state index contributed by atoms with van der Waals surface area (Å²) in [7, 11) is 0. The second-order valence-corrected chi connectivity index (χ2v) is 7.92. The first-order valence-electron chi connectivity index (χ1n) is 10.2. The van der Waals surface area contributed by atoms with Crippen molar-refractivity contribution in [3.8, 4) is 5.75 Å². The smallest absolute Gasteiger partial charge is 0.291 e. The predicted molar refractivity (Wildman–Crippen MR) is 117 cm³/mol. The molecule has 0 fully saturated rings. The van der Waals surface area contributed by atoms with Gasteiger partial charge in [-0.1, -0.05) is 44.2 Å². The van der Waals surface area contributed by atoms with Crippen LogP contribution in [0.4, 0.5) is 0 Å². The molecule has 2 heterocycles. The normalized spacial score (nSPS) is 15.6. The zero-order chi connectivity index (χ0) is 21.3. The number of hydrogen-bond acceptors (Lipinski definition) is 4. The Balaban J connectivity index is 1.81. The van der Waals surface area contributed by atoms with E-state index < -0.39 is 6.04 Å². The third kappa shape index (κ3) is 3.52. The minimum atomic E-state index is -0.542. The van der Waals surface area contributed by atoms with E-state index in [1.54, 1.807) is 35.2 Å². The number of amides is 1. The molecule has 0 bridgehead atoms. The second-order valence-electron chi connectivity index (χ2n) is 7.92. The summed E-state index contributed by atoms with van der Waals surface area (Å²) >= 11 is 0. The van der Waals surface area contributed by atoms with Gasteiger partial charge in [0.1, 0.15) is 11.3 Å². The summed E-state index contributed by atoms with van der Waals surface area (Å²) in [5.74, 6) is 1.08. The van der Waals surface area contributed by atoms with Gasteiger partial charge in [0.15, 0.2) is 5.43 Å². The van der Waals surface area contributed by atoms with E-state index in [-0.39, 0.29) is 17.1 Å². The number of rotatable bonds is 7. The molecule has 0 radical (unpaired) electrons. The van der Waals surface area contributed by atoms with Crippen LogP contribution in [0.2, 0.25) is 0 Å². The Morgan fingerprint density at radius 2 is 1.97 bits per heavy atom. The molecular weight excluding hydrogens is 378 g/mol. The first-order chi connectivity index (χ1) is 14.5. The highest BCUT2D eigenvalue weighted by Crippen LogP contribution is 2.38. The Hall–Kier alpha value is -3.34. The van der Waals surface area contributed by atoms with Gasteiger partial charge < -0.3 is 14.1 Å². The summed E-state index contributed by atoms with van der Waals surface area (Å²) in [5.41, 5.74) is 1.43. The molecule has 4 rings (SSSR count). The largest absolute Gasteiger partial charge is 0.494 e. The van der Waals surface area contributed by atoms with Crippen LogP contribution >= 0.6 is 0 Å². The van der Waals surface area contributed by atoms with Crippen molar-refractivity contribution in [2.75, 3.05) is 13.2 Å². The fourth-order valence-corrected chi connectivity index (χ4v) is 3.83. The molecule has 0 N–H and O–H groups in total. The Morgan fingerprint density at radius 1 is 1.17 bits per heavy atom. The van der Waals surface area contributed by atoms with Crippen LogP contribution in [0.3, 0.4) is 0 Å². The molecule has 30 heavy (non-hydrogen) atoms. The maximum absolute atomic E-state index is 13.3. The summed E-state index contributed by atoms with van der Waals surface area (Å²) in [6.45, 7) is 9.00. The van der Waals surface area contributed by atoms with E-state index in [0.717, 1.165) is 17.7 Å². The number of fused-ring (bicyclic) bond motifs is 2. The first kappa shape index (κ1) is 20.0. The zero-order valence-corrected chi connectivity index (χ0v) is 17.3. The minimum Gasteiger partial charge on any atom is -0.494 e. The van der Waals surface area contributed by atoms with Gasteiger partial charge in [-0.3, -0.25) is 9.59 Å². The summed E-state index contributed by atoms with van der Waals surface area (Å²) in [6, 6.07) is 14.1. The maximum atomic E-state index is 13.3. The van der Waals surface area contributed by atoms with E-state index in [4.69, 9.17) is 9.15 Å². The van der Waals surface area contributed by atoms with Gasteiger partial charge in [0, 0.05) is 6.54 Å².